The fourth-order valence-corrected chi connectivity index (χ4v) is 1.90. The Bertz CT molecular complexity index is 664. The van der Waals surface area contributed by atoms with E-state index >= 15 is 0 Å². The highest BCUT2D eigenvalue weighted by Gasteiger charge is 2.17. The first kappa shape index (κ1) is 14.4. The average Bonchev–Trinajstić information content (AvgIpc) is 2.39. The molecule has 0 aliphatic rings. The number of benzene rings is 2. The molecular weight excluding hydrogens is 336 g/mol. The second kappa shape index (κ2) is 5.96. The summed E-state index contributed by atoms with van der Waals surface area (Å²) in [4.78, 5) is 9.78. The standard InChI is InChI=1S/C13H8BrF2NO3/c14-9-4-5-12(10(15)6-9)20-7-8-2-1-3-11(13(8)16)17(18)19/h1-6H,7H2. The smallest absolute Gasteiger partial charge is 0.305 e. The molecule has 0 fully saturated rings. The predicted octanol–water partition coefficient (Wildman–Crippen LogP) is 4.21. The van der Waals surface area contributed by atoms with Crippen molar-refractivity contribution in [3.8, 4) is 5.75 Å². The summed E-state index contributed by atoms with van der Waals surface area (Å²) < 4.78 is 33.0. The van der Waals surface area contributed by atoms with Crippen LogP contribution in [0.4, 0.5) is 14.5 Å². The molecule has 4 nitrogen and oxygen atoms in total. The van der Waals surface area contributed by atoms with Gasteiger partial charge in [-0.3, -0.25) is 10.1 Å². The highest BCUT2D eigenvalue weighted by molar-refractivity contribution is 9.10. The Kier molecular flexibility index (Phi) is 4.29. The molecule has 20 heavy (non-hydrogen) atoms. The van der Waals surface area contributed by atoms with Gasteiger partial charge in [0, 0.05) is 16.1 Å². The van der Waals surface area contributed by atoms with Crippen LogP contribution in [0.5, 0.6) is 5.75 Å². The van der Waals surface area contributed by atoms with Gasteiger partial charge in [0.15, 0.2) is 11.6 Å². The molecule has 2 aromatic carbocycles. The van der Waals surface area contributed by atoms with Crippen LogP contribution in [0.25, 0.3) is 0 Å². The van der Waals surface area contributed by atoms with Gasteiger partial charge < -0.3 is 4.74 Å². The van der Waals surface area contributed by atoms with E-state index in [1.54, 1.807) is 6.07 Å². The number of hydrogen-bond acceptors (Lipinski definition) is 3. The normalized spacial score (nSPS) is 10.3. The van der Waals surface area contributed by atoms with E-state index in [2.05, 4.69) is 15.9 Å². The average molecular weight is 344 g/mol. The Morgan fingerprint density at radius 1 is 1.25 bits per heavy atom. The Labute approximate surface area is 121 Å². The minimum Gasteiger partial charge on any atom is -0.486 e. The van der Waals surface area contributed by atoms with Crippen molar-refractivity contribution in [2.24, 2.45) is 0 Å². The van der Waals surface area contributed by atoms with Crippen molar-refractivity contribution in [3.05, 3.63) is 68.2 Å². The van der Waals surface area contributed by atoms with Crippen LogP contribution in [0.15, 0.2) is 40.9 Å². The summed E-state index contributed by atoms with van der Waals surface area (Å²) in [6, 6.07) is 7.91. The van der Waals surface area contributed by atoms with Crippen molar-refractivity contribution in [2.75, 3.05) is 0 Å². The van der Waals surface area contributed by atoms with Crippen molar-refractivity contribution in [2.45, 2.75) is 6.61 Å². The predicted molar refractivity (Wildman–Crippen MR) is 71.5 cm³/mol. The fraction of sp³-hybridized carbons (Fsp3) is 0.0769. The lowest BCUT2D eigenvalue weighted by molar-refractivity contribution is -0.387. The molecule has 0 unspecified atom stereocenters. The van der Waals surface area contributed by atoms with Crippen LogP contribution in [0, 0.1) is 21.7 Å². The zero-order chi connectivity index (χ0) is 14.7. The number of rotatable bonds is 4. The van der Waals surface area contributed by atoms with Gasteiger partial charge in [0.25, 0.3) is 0 Å². The van der Waals surface area contributed by atoms with Crippen LogP contribution in [-0.2, 0) is 6.61 Å². The van der Waals surface area contributed by atoms with E-state index < -0.39 is 22.2 Å². The minimum atomic E-state index is -0.977. The Balaban J connectivity index is 2.19. The highest BCUT2D eigenvalue weighted by Crippen LogP contribution is 2.24. The summed E-state index contributed by atoms with van der Waals surface area (Å²) in [5.74, 6) is -1.64. The lowest BCUT2D eigenvalue weighted by Gasteiger charge is -2.08. The lowest BCUT2D eigenvalue weighted by atomic mass is 10.2. The molecule has 0 spiro atoms. The second-order valence-corrected chi connectivity index (χ2v) is 4.79. The molecule has 7 heteroatoms. The third kappa shape index (κ3) is 3.11. The molecule has 0 aromatic heterocycles. The van der Waals surface area contributed by atoms with Crippen LogP contribution in [-0.4, -0.2) is 4.92 Å². The quantitative estimate of drug-likeness (QED) is 0.617. The Hall–Kier alpha value is -2.02. The van der Waals surface area contributed by atoms with Crippen molar-refractivity contribution < 1.29 is 18.4 Å². The third-order valence-electron chi connectivity index (χ3n) is 2.53. The molecule has 0 heterocycles. The van der Waals surface area contributed by atoms with Gasteiger partial charge in [0.2, 0.25) is 5.82 Å². The maximum Gasteiger partial charge on any atom is 0.305 e. The number of nitro benzene ring substituents is 1. The highest BCUT2D eigenvalue weighted by atomic mass is 79.9. The lowest BCUT2D eigenvalue weighted by Crippen LogP contribution is -2.02. The number of halogens is 3. The van der Waals surface area contributed by atoms with E-state index in [9.17, 15) is 18.9 Å². The third-order valence-corrected chi connectivity index (χ3v) is 3.03. The zero-order valence-corrected chi connectivity index (χ0v) is 11.6. The van der Waals surface area contributed by atoms with Crippen LogP contribution in [0.1, 0.15) is 5.56 Å². The number of ether oxygens (including phenoxy) is 1. The van der Waals surface area contributed by atoms with Gasteiger partial charge in [0.1, 0.15) is 6.61 Å². The molecule has 0 N–H and O–H groups in total. The van der Waals surface area contributed by atoms with E-state index in [4.69, 9.17) is 4.74 Å². The van der Waals surface area contributed by atoms with Gasteiger partial charge in [-0.05, 0) is 18.2 Å². The van der Waals surface area contributed by atoms with Crippen molar-refractivity contribution in [1.82, 2.24) is 0 Å². The zero-order valence-electron chi connectivity index (χ0n) is 9.98. The molecule has 0 bridgehead atoms. The van der Waals surface area contributed by atoms with E-state index in [1.165, 1.54) is 24.3 Å². The Morgan fingerprint density at radius 3 is 2.65 bits per heavy atom. The SMILES string of the molecule is O=[N+]([O-])c1cccc(COc2ccc(Br)cc2F)c1F. The molecule has 0 saturated carbocycles. The van der Waals surface area contributed by atoms with Gasteiger partial charge in [-0.25, -0.2) is 4.39 Å². The number of nitro groups is 1. The fourth-order valence-electron chi connectivity index (χ4n) is 1.57. The van der Waals surface area contributed by atoms with Crippen LogP contribution in [0.3, 0.4) is 0 Å². The monoisotopic (exact) mass is 343 g/mol. The summed E-state index contributed by atoms with van der Waals surface area (Å²) in [6.07, 6.45) is 0. The second-order valence-electron chi connectivity index (χ2n) is 3.87. The van der Waals surface area contributed by atoms with E-state index in [-0.39, 0.29) is 17.9 Å². The van der Waals surface area contributed by atoms with Crippen LogP contribution < -0.4 is 4.74 Å². The van der Waals surface area contributed by atoms with E-state index in [0.29, 0.717) is 4.47 Å². The van der Waals surface area contributed by atoms with Gasteiger partial charge in [-0.15, -0.1) is 0 Å². The summed E-state index contributed by atoms with van der Waals surface area (Å²) in [6.45, 7) is -0.300. The number of nitrogens with zero attached hydrogens (tertiary/aromatic N) is 1. The van der Waals surface area contributed by atoms with E-state index in [1.807, 2.05) is 0 Å². The molecule has 0 aliphatic heterocycles. The van der Waals surface area contributed by atoms with Crippen molar-refractivity contribution in [3.63, 3.8) is 0 Å². The van der Waals surface area contributed by atoms with E-state index in [0.717, 1.165) is 6.07 Å². The first-order chi connectivity index (χ1) is 9.49. The molecule has 2 rings (SSSR count). The summed E-state index contributed by atoms with van der Waals surface area (Å²) in [7, 11) is 0. The summed E-state index contributed by atoms with van der Waals surface area (Å²) in [5.41, 5.74) is -0.649. The van der Waals surface area contributed by atoms with Crippen LogP contribution >= 0.6 is 15.9 Å². The van der Waals surface area contributed by atoms with Crippen molar-refractivity contribution in [1.29, 1.82) is 0 Å². The van der Waals surface area contributed by atoms with Gasteiger partial charge in [-0.2, -0.15) is 4.39 Å². The topological polar surface area (TPSA) is 52.4 Å². The molecular formula is C13H8BrF2NO3. The molecule has 2 aromatic rings. The first-order valence-electron chi connectivity index (χ1n) is 5.48. The molecule has 0 amide bonds. The molecule has 0 radical (unpaired) electrons. The molecule has 0 atom stereocenters. The minimum absolute atomic E-state index is 0.0125. The Morgan fingerprint density at radius 2 is 2.00 bits per heavy atom. The molecule has 0 aliphatic carbocycles. The summed E-state index contributed by atoms with van der Waals surface area (Å²) in [5, 5.41) is 10.6. The summed E-state index contributed by atoms with van der Waals surface area (Å²) >= 11 is 3.10. The molecule has 104 valence electrons. The maximum atomic E-state index is 13.8. The largest absolute Gasteiger partial charge is 0.486 e. The maximum absolute atomic E-state index is 13.8. The number of hydrogen-bond donors (Lipinski definition) is 0. The van der Waals surface area contributed by atoms with Crippen molar-refractivity contribution >= 4 is 21.6 Å². The first-order valence-corrected chi connectivity index (χ1v) is 6.28. The molecule has 0 saturated heterocycles. The van der Waals surface area contributed by atoms with Gasteiger partial charge in [-0.1, -0.05) is 28.1 Å². The van der Waals surface area contributed by atoms with Crippen LogP contribution in [0.2, 0.25) is 0 Å². The van der Waals surface area contributed by atoms with Gasteiger partial charge in [0.05, 0.1) is 4.92 Å². The van der Waals surface area contributed by atoms with Gasteiger partial charge >= 0.3 is 5.69 Å².